The van der Waals surface area contributed by atoms with Crippen LogP contribution in [0.25, 0.3) is 0 Å². The Morgan fingerprint density at radius 1 is 0.850 bits per heavy atom. The molecule has 0 heterocycles. The Balaban J connectivity index is 2.31. The lowest BCUT2D eigenvalue weighted by atomic mass is 9.89. The molecule has 1 rings (SSSR count). The molecule has 0 N–H and O–H groups in total. The number of hydrogen-bond donors (Lipinski definition) is 0. The van der Waals surface area contributed by atoms with Crippen molar-refractivity contribution in [1.82, 2.24) is 0 Å². The molecule has 0 heteroatoms. The Morgan fingerprint density at radius 2 is 1.50 bits per heavy atom. The lowest BCUT2D eigenvalue weighted by Crippen LogP contribution is -2.05. The van der Waals surface area contributed by atoms with Gasteiger partial charge in [-0.1, -0.05) is 102 Å². The van der Waals surface area contributed by atoms with E-state index in [9.17, 15) is 0 Å². The maximum atomic E-state index is 3.40. The van der Waals surface area contributed by atoms with Crippen molar-refractivity contribution in [3.8, 4) is 0 Å². The first-order valence-corrected chi connectivity index (χ1v) is 8.82. The largest absolute Gasteiger partial charge is 0.0654 e. The van der Waals surface area contributed by atoms with E-state index in [2.05, 4.69) is 44.2 Å². The summed E-state index contributed by atoms with van der Waals surface area (Å²) < 4.78 is 0. The predicted octanol–water partition coefficient (Wildman–Crippen LogP) is 6.59. The third kappa shape index (κ3) is 8.40. The summed E-state index contributed by atoms with van der Waals surface area (Å²) in [5, 5.41) is 0. The van der Waals surface area contributed by atoms with Gasteiger partial charge in [-0.2, -0.15) is 0 Å². The second-order valence-corrected chi connectivity index (χ2v) is 6.16. The Bertz CT molecular complexity index is 301. The van der Waals surface area contributed by atoms with E-state index in [1.165, 1.54) is 76.2 Å². The normalized spacial score (nSPS) is 12.5. The van der Waals surface area contributed by atoms with Crippen molar-refractivity contribution < 1.29 is 0 Å². The smallest absolute Gasteiger partial charge is 0.0149 e. The zero-order chi connectivity index (χ0) is 14.5. The predicted molar refractivity (Wildman–Crippen MR) is 90.0 cm³/mol. The molecule has 0 spiro atoms. The fourth-order valence-corrected chi connectivity index (χ4v) is 2.94. The van der Waals surface area contributed by atoms with E-state index < -0.39 is 0 Å². The minimum atomic E-state index is 0.877. The summed E-state index contributed by atoms with van der Waals surface area (Å²) in [7, 11) is 0. The molecule has 113 valence electrons. The molecule has 0 amide bonds. The minimum Gasteiger partial charge on any atom is -0.0654 e. The second-order valence-electron chi connectivity index (χ2n) is 6.16. The Labute approximate surface area is 127 Å². The van der Waals surface area contributed by atoms with Gasteiger partial charge in [0.2, 0.25) is 0 Å². The van der Waals surface area contributed by atoms with Crippen molar-refractivity contribution in [1.29, 1.82) is 0 Å². The van der Waals surface area contributed by atoms with E-state index in [-0.39, 0.29) is 0 Å². The van der Waals surface area contributed by atoms with Gasteiger partial charge in [0.1, 0.15) is 0 Å². The average Bonchev–Trinajstić information content (AvgIpc) is 2.48. The first-order valence-electron chi connectivity index (χ1n) is 8.82. The van der Waals surface area contributed by atoms with E-state index >= 15 is 0 Å². The number of rotatable bonds is 12. The van der Waals surface area contributed by atoms with Crippen LogP contribution in [0.2, 0.25) is 0 Å². The maximum absolute atomic E-state index is 3.40. The van der Waals surface area contributed by atoms with Gasteiger partial charge in [0.15, 0.2) is 0 Å². The molecule has 0 aliphatic rings. The van der Waals surface area contributed by atoms with Crippen molar-refractivity contribution in [3.63, 3.8) is 0 Å². The van der Waals surface area contributed by atoms with E-state index in [1.807, 2.05) is 0 Å². The van der Waals surface area contributed by atoms with Gasteiger partial charge in [-0.3, -0.25) is 0 Å². The fraction of sp³-hybridized carbons (Fsp3) is 0.700. The molecule has 0 saturated heterocycles. The molecule has 0 aliphatic heterocycles. The number of unbranched alkanes of at least 4 members (excludes halogenated alkanes) is 6. The first kappa shape index (κ1) is 17.3. The molecule has 1 radical (unpaired) electrons. The highest BCUT2D eigenvalue weighted by atomic mass is 14.1. The van der Waals surface area contributed by atoms with Gasteiger partial charge >= 0.3 is 0 Å². The van der Waals surface area contributed by atoms with Crippen molar-refractivity contribution in [2.75, 3.05) is 0 Å². The summed E-state index contributed by atoms with van der Waals surface area (Å²) in [6, 6.07) is 11.9. The van der Waals surface area contributed by atoms with Crippen LogP contribution >= 0.6 is 0 Å². The number of hydrogen-bond acceptors (Lipinski definition) is 0. The zero-order valence-corrected chi connectivity index (χ0v) is 13.7. The third-order valence-corrected chi connectivity index (χ3v) is 4.21. The van der Waals surface area contributed by atoms with Crippen LogP contribution in [0.1, 0.15) is 83.6 Å². The van der Waals surface area contributed by atoms with E-state index in [4.69, 9.17) is 0 Å². The molecule has 1 aromatic rings. The quantitative estimate of drug-likeness (QED) is 0.377. The highest BCUT2D eigenvalue weighted by molar-refractivity contribution is 5.13. The first-order chi connectivity index (χ1) is 9.86. The summed E-state index contributed by atoms with van der Waals surface area (Å²) >= 11 is 0. The van der Waals surface area contributed by atoms with E-state index in [1.54, 1.807) is 0 Å². The Hall–Kier alpha value is -0.780. The van der Waals surface area contributed by atoms with Gasteiger partial charge in [-0.05, 0) is 24.0 Å². The van der Waals surface area contributed by atoms with Crippen LogP contribution in [-0.4, -0.2) is 0 Å². The minimum absolute atomic E-state index is 0.877. The maximum Gasteiger partial charge on any atom is -0.0149 e. The van der Waals surface area contributed by atoms with Gasteiger partial charge in [-0.25, -0.2) is 0 Å². The van der Waals surface area contributed by atoms with Gasteiger partial charge in [0.05, 0.1) is 0 Å². The van der Waals surface area contributed by atoms with Crippen LogP contribution < -0.4 is 0 Å². The molecule has 0 fully saturated rings. The summed E-state index contributed by atoms with van der Waals surface area (Å²) in [4.78, 5) is 0. The lowest BCUT2D eigenvalue weighted by molar-refractivity contribution is 0.405. The topological polar surface area (TPSA) is 0 Å². The molecule has 0 saturated carbocycles. The number of benzene rings is 1. The van der Waals surface area contributed by atoms with Crippen LogP contribution in [0.4, 0.5) is 0 Å². The van der Waals surface area contributed by atoms with Crippen molar-refractivity contribution in [2.45, 2.75) is 84.5 Å². The van der Waals surface area contributed by atoms with Crippen LogP contribution in [0, 0.1) is 12.0 Å². The van der Waals surface area contributed by atoms with Crippen LogP contribution in [0.5, 0.6) is 0 Å². The monoisotopic (exact) mass is 273 g/mol. The molecular weight excluding hydrogens is 240 g/mol. The molecule has 1 aromatic carbocycles. The van der Waals surface area contributed by atoms with Gasteiger partial charge in [0.25, 0.3) is 0 Å². The zero-order valence-electron chi connectivity index (χ0n) is 13.7. The molecule has 1 unspecified atom stereocenters. The van der Waals surface area contributed by atoms with Gasteiger partial charge in [-0.15, -0.1) is 0 Å². The SMILES string of the molecule is CCCCCCCC(CCCCC)Cc1[c]cccc1. The van der Waals surface area contributed by atoms with Crippen molar-refractivity contribution >= 4 is 0 Å². The van der Waals surface area contributed by atoms with Crippen LogP contribution in [-0.2, 0) is 6.42 Å². The standard InChI is InChI=1S/C20H33/c1-3-5-7-8-11-15-19(14-10-6-4-2)18-20-16-12-9-13-17-20/h9,12-13,16,19H,3-8,10-11,14-15,18H2,1-2H3. The molecule has 20 heavy (non-hydrogen) atoms. The van der Waals surface area contributed by atoms with Crippen molar-refractivity contribution in [2.24, 2.45) is 5.92 Å². The summed E-state index contributed by atoms with van der Waals surface area (Å²) in [5.74, 6) is 0.877. The fourth-order valence-electron chi connectivity index (χ4n) is 2.94. The molecule has 0 aromatic heterocycles. The van der Waals surface area contributed by atoms with Gasteiger partial charge < -0.3 is 0 Å². The average molecular weight is 273 g/mol. The Kier molecular flexibility index (Phi) is 10.4. The van der Waals surface area contributed by atoms with Crippen LogP contribution in [0.15, 0.2) is 24.3 Å². The molecular formula is C20H33. The summed E-state index contributed by atoms with van der Waals surface area (Å²) in [5.41, 5.74) is 1.41. The molecule has 0 bridgehead atoms. The van der Waals surface area contributed by atoms with Crippen molar-refractivity contribution in [3.05, 3.63) is 35.9 Å². The molecule has 0 aliphatic carbocycles. The third-order valence-electron chi connectivity index (χ3n) is 4.21. The van der Waals surface area contributed by atoms with Gasteiger partial charge in [0, 0.05) is 0 Å². The highest BCUT2D eigenvalue weighted by Crippen LogP contribution is 2.22. The molecule has 0 nitrogen and oxygen atoms in total. The second kappa shape index (κ2) is 12.0. The van der Waals surface area contributed by atoms with Crippen LogP contribution in [0.3, 0.4) is 0 Å². The van der Waals surface area contributed by atoms with E-state index in [0.717, 1.165) is 5.92 Å². The molecule has 1 atom stereocenters. The Morgan fingerprint density at radius 3 is 2.15 bits per heavy atom. The summed E-state index contributed by atoms with van der Waals surface area (Å²) in [6.45, 7) is 4.59. The summed E-state index contributed by atoms with van der Waals surface area (Å²) in [6.07, 6.45) is 15.2. The highest BCUT2D eigenvalue weighted by Gasteiger charge is 2.09. The van der Waals surface area contributed by atoms with E-state index in [0.29, 0.717) is 0 Å². The lowest BCUT2D eigenvalue weighted by Gasteiger charge is -2.17.